The molecule has 0 atom stereocenters. The molecule has 0 aromatic heterocycles. The summed E-state index contributed by atoms with van der Waals surface area (Å²) < 4.78 is 39.0. The third-order valence-corrected chi connectivity index (χ3v) is 5.40. The zero-order chi connectivity index (χ0) is 21.4. The normalized spacial score (nSPS) is 12.4. The number of aryl methyl sites for hydroxylation is 1. The topological polar surface area (TPSA) is 99.1 Å². The van der Waals surface area contributed by atoms with E-state index in [0.717, 1.165) is 5.56 Å². The van der Waals surface area contributed by atoms with Gasteiger partial charge in [0.2, 0.25) is 0 Å². The van der Waals surface area contributed by atoms with Gasteiger partial charge < -0.3 is 9.47 Å². The molecule has 0 fully saturated rings. The van der Waals surface area contributed by atoms with Crippen LogP contribution in [0.2, 0.25) is 0 Å². The van der Waals surface area contributed by atoms with Crippen LogP contribution in [0.15, 0.2) is 46.2 Å². The van der Waals surface area contributed by atoms with Gasteiger partial charge in [-0.25, -0.2) is 0 Å². The van der Waals surface area contributed by atoms with Crippen molar-refractivity contribution in [2.24, 2.45) is 9.81 Å². The minimum absolute atomic E-state index is 0.0269. The molecule has 0 N–H and O–H groups in total. The maximum atomic E-state index is 12.6. The number of carbonyl (C=O) groups excluding carboxylic acids is 2. The summed E-state index contributed by atoms with van der Waals surface area (Å²) in [6, 6.07) is 6.23. The molecule has 0 aliphatic carbocycles. The molecule has 0 aliphatic heterocycles. The van der Waals surface area contributed by atoms with Crippen LogP contribution in [0, 0.1) is 12.3 Å². The lowest BCUT2D eigenvalue weighted by molar-refractivity contribution is -0.171. The lowest BCUT2D eigenvalue weighted by Gasteiger charge is -2.28. The maximum Gasteiger partial charge on any atom is 0.324 e. The Labute approximate surface area is 166 Å². The first kappa shape index (κ1) is 23.6. The number of allylic oxidation sites excluding steroid dienone is 1. The fraction of sp³-hybridized carbons (Fsp3) is 0.450. The van der Waals surface area contributed by atoms with E-state index in [0.29, 0.717) is 0 Å². The van der Waals surface area contributed by atoms with E-state index in [1.54, 1.807) is 26.0 Å². The second-order valence-corrected chi connectivity index (χ2v) is 7.91. The summed E-state index contributed by atoms with van der Waals surface area (Å²) in [5.41, 5.74) is -0.734. The number of hydrogen-bond donors (Lipinski definition) is 0. The highest BCUT2D eigenvalue weighted by atomic mass is 32.2. The summed E-state index contributed by atoms with van der Waals surface area (Å²) in [7, 11) is -3.98. The Morgan fingerprint density at radius 1 is 1.11 bits per heavy atom. The Bertz CT molecular complexity index is 822. The first-order valence-corrected chi connectivity index (χ1v) is 10.4. The van der Waals surface area contributed by atoms with Crippen LogP contribution >= 0.6 is 0 Å². The Morgan fingerprint density at radius 2 is 1.61 bits per heavy atom. The average Bonchev–Trinajstić information content (AvgIpc) is 2.61. The van der Waals surface area contributed by atoms with Crippen molar-refractivity contribution in [3.63, 3.8) is 0 Å². The molecule has 0 radical (unpaired) electrons. The second kappa shape index (κ2) is 10.2. The molecule has 0 saturated carbocycles. The van der Waals surface area contributed by atoms with Crippen molar-refractivity contribution in [1.82, 2.24) is 0 Å². The molecule has 0 spiro atoms. The summed E-state index contributed by atoms with van der Waals surface area (Å²) in [5, 5.41) is 0. The van der Waals surface area contributed by atoms with Crippen molar-refractivity contribution in [1.29, 1.82) is 0 Å². The lowest BCUT2D eigenvalue weighted by Crippen LogP contribution is -2.43. The van der Waals surface area contributed by atoms with Gasteiger partial charge in [-0.1, -0.05) is 23.8 Å². The average molecular weight is 410 g/mol. The standard InChI is InChI=1S/C20H27NO6S/c1-6-13-20(18(22)26-7-2,19(23)27-8-3)14-16(5)21-28(24,25)17-11-9-15(4)10-12-17/h6,9-12H,1,7-8,13-14H2,2-5H3/b21-16+. The van der Waals surface area contributed by atoms with Crippen molar-refractivity contribution in [2.75, 3.05) is 13.2 Å². The molecule has 0 amide bonds. The number of ether oxygens (including phenoxy) is 2. The summed E-state index contributed by atoms with van der Waals surface area (Å²) in [6.07, 6.45) is 1.07. The van der Waals surface area contributed by atoms with Gasteiger partial charge in [0.05, 0.1) is 18.1 Å². The Morgan fingerprint density at radius 3 is 2.04 bits per heavy atom. The Hall–Kier alpha value is -2.48. The minimum Gasteiger partial charge on any atom is -0.465 e. The molecule has 0 saturated heterocycles. The fourth-order valence-electron chi connectivity index (χ4n) is 2.69. The van der Waals surface area contributed by atoms with Crippen LogP contribution < -0.4 is 0 Å². The van der Waals surface area contributed by atoms with Crippen LogP contribution in [0.3, 0.4) is 0 Å². The van der Waals surface area contributed by atoms with E-state index in [1.165, 1.54) is 25.1 Å². The molecule has 1 rings (SSSR count). The molecule has 1 aromatic rings. The van der Waals surface area contributed by atoms with Gasteiger partial charge in [0.25, 0.3) is 10.0 Å². The van der Waals surface area contributed by atoms with E-state index >= 15 is 0 Å². The molecule has 0 heterocycles. The number of esters is 2. The third-order valence-electron chi connectivity index (χ3n) is 3.98. The van der Waals surface area contributed by atoms with Crippen LogP contribution in [0.25, 0.3) is 0 Å². The first-order chi connectivity index (χ1) is 13.1. The molecule has 7 nitrogen and oxygen atoms in total. The van der Waals surface area contributed by atoms with Crippen LogP contribution in [-0.2, 0) is 29.1 Å². The van der Waals surface area contributed by atoms with Crippen molar-refractivity contribution >= 4 is 27.7 Å². The van der Waals surface area contributed by atoms with Crippen molar-refractivity contribution in [3.05, 3.63) is 42.5 Å². The van der Waals surface area contributed by atoms with Crippen LogP contribution in [0.4, 0.5) is 0 Å². The van der Waals surface area contributed by atoms with Crippen LogP contribution in [0.1, 0.15) is 39.2 Å². The predicted molar refractivity (Wildman–Crippen MR) is 107 cm³/mol. The molecule has 8 heteroatoms. The summed E-state index contributed by atoms with van der Waals surface area (Å²) in [6.45, 7) is 10.2. The number of benzene rings is 1. The van der Waals surface area contributed by atoms with Gasteiger partial charge in [-0.05, 0) is 46.2 Å². The molecular formula is C20H27NO6S. The van der Waals surface area contributed by atoms with Gasteiger partial charge in [0.1, 0.15) is 0 Å². The highest BCUT2D eigenvalue weighted by Gasteiger charge is 2.48. The van der Waals surface area contributed by atoms with E-state index in [-0.39, 0.29) is 36.7 Å². The smallest absolute Gasteiger partial charge is 0.324 e. The van der Waals surface area contributed by atoms with Crippen molar-refractivity contribution in [2.45, 2.75) is 45.4 Å². The van der Waals surface area contributed by atoms with E-state index in [1.807, 2.05) is 6.92 Å². The molecule has 0 bridgehead atoms. The number of rotatable bonds is 10. The highest BCUT2D eigenvalue weighted by Crippen LogP contribution is 2.32. The molecule has 0 unspecified atom stereocenters. The molecular weight excluding hydrogens is 382 g/mol. The van der Waals surface area contributed by atoms with Crippen molar-refractivity contribution in [3.8, 4) is 0 Å². The largest absolute Gasteiger partial charge is 0.465 e. The third kappa shape index (κ3) is 5.76. The van der Waals surface area contributed by atoms with Crippen molar-refractivity contribution < 1.29 is 27.5 Å². The van der Waals surface area contributed by atoms with E-state index < -0.39 is 27.4 Å². The lowest BCUT2D eigenvalue weighted by atomic mass is 9.79. The summed E-state index contributed by atoms with van der Waals surface area (Å²) in [5.74, 6) is -1.59. The predicted octanol–water partition coefficient (Wildman–Crippen LogP) is 3.22. The van der Waals surface area contributed by atoms with E-state index in [9.17, 15) is 18.0 Å². The Balaban J connectivity index is 3.33. The molecule has 0 aliphatic rings. The van der Waals surface area contributed by atoms with Gasteiger partial charge in [0.15, 0.2) is 5.41 Å². The number of carbonyl (C=O) groups is 2. The van der Waals surface area contributed by atoms with Gasteiger partial charge in [-0.2, -0.15) is 12.8 Å². The quantitative estimate of drug-likeness (QED) is 0.255. The van der Waals surface area contributed by atoms with Gasteiger partial charge >= 0.3 is 11.9 Å². The summed E-state index contributed by atoms with van der Waals surface area (Å²) in [4.78, 5) is 25.2. The molecule has 28 heavy (non-hydrogen) atoms. The van der Waals surface area contributed by atoms with Gasteiger partial charge in [-0.3, -0.25) is 9.59 Å². The number of sulfonamides is 1. The zero-order valence-electron chi connectivity index (χ0n) is 16.7. The second-order valence-electron chi connectivity index (χ2n) is 6.31. The van der Waals surface area contributed by atoms with Crippen LogP contribution in [0.5, 0.6) is 0 Å². The number of nitrogens with zero attached hydrogens (tertiary/aromatic N) is 1. The fourth-order valence-corrected chi connectivity index (χ4v) is 3.75. The first-order valence-electron chi connectivity index (χ1n) is 8.95. The van der Waals surface area contributed by atoms with Gasteiger partial charge in [0, 0.05) is 12.1 Å². The summed E-state index contributed by atoms with van der Waals surface area (Å²) >= 11 is 0. The monoisotopic (exact) mass is 409 g/mol. The molecule has 154 valence electrons. The maximum absolute atomic E-state index is 12.6. The highest BCUT2D eigenvalue weighted by molar-refractivity contribution is 7.90. The van der Waals surface area contributed by atoms with E-state index in [2.05, 4.69) is 11.0 Å². The Kier molecular flexibility index (Phi) is 8.56. The molecule has 1 aromatic carbocycles. The number of hydrogen-bond acceptors (Lipinski definition) is 6. The van der Waals surface area contributed by atoms with E-state index in [4.69, 9.17) is 9.47 Å². The minimum atomic E-state index is -3.98. The SMILES string of the molecule is C=CCC(C/C(C)=N/S(=O)(=O)c1ccc(C)cc1)(C(=O)OCC)C(=O)OCC. The zero-order valence-corrected chi connectivity index (χ0v) is 17.5. The van der Waals surface area contributed by atoms with Crippen LogP contribution in [-0.4, -0.2) is 39.3 Å². The van der Waals surface area contributed by atoms with Gasteiger partial charge in [-0.15, -0.1) is 6.58 Å².